The second-order valence-electron chi connectivity index (χ2n) is 3.01. The first kappa shape index (κ1) is 10.4. The lowest BCUT2D eigenvalue weighted by atomic mass is 10.2. The van der Waals surface area contributed by atoms with E-state index in [1.54, 1.807) is 19.1 Å². The van der Waals surface area contributed by atoms with E-state index in [9.17, 15) is 9.59 Å². The Labute approximate surface area is 97.5 Å². The van der Waals surface area contributed by atoms with Gasteiger partial charge in [-0.2, -0.15) is 0 Å². The van der Waals surface area contributed by atoms with E-state index < -0.39 is 0 Å². The van der Waals surface area contributed by atoms with Crippen molar-refractivity contribution in [2.24, 2.45) is 0 Å². The predicted molar refractivity (Wildman–Crippen MR) is 61.6 cm³/mol. The number of aromatic amines is 2. The van der Waals surface area contributed by atoms with Crippen LogP contribution in [0.1, 0.15) is 21.1 Å². The third kappa shape index (κ3) is 1.95. The third-order valence-corrected chi connectivity index (χ3v) is 3.56. The van der Waals surface area contributed by atoms with Crippen molar-refractivity contribution in [3.63, 3.8) is 0 Å². The van der Waals surface area contributed by atoms with Crippen LogP contribution in [0.3, 0.4) is 0 Å². The highest BCUT2D eigenvalue weighted by Crippen LogP contribution is 2.24. The Kier molecular flexibility index (Phi) is 2.62. The van der Waals surface area contributed by atoms with Crippen LogP contribution >= 0.6 is 27.3 Å². The van der Waals surface area contributed by atoms with Gasteiger partial charge in [0.1, 0.15) is 5.69 Å². The monoisotopic (exact) mass is 286 g/mol. The molecule has 15 heavy (non-hydrogen) atoms. The molecule has 2 N–H and O–H groups in total. The summed E-state index contributed by atoms with van der Waals surface area (Å²) in [7, 11) is 0. The quantitative estimate of drug-likeness (QED) is 0.830. The Morgan fingerprint density at radius 3 is 2.60 bits per heavy atom. The molecule has 0 unspecified atom stereocenters. The summed E-state index contributed by atoms with van der Waals surface area (Å²) in [5.74, 6) is -0.165. The highest BCUT2D eigenvalue weighted by molar-refractivity contribution is 9.11. The maximum Gasteiger partial charge on any atom is 0.323 e. The average molecular weight is 287 g/mol. The van der Waals surface area contributed by atoms with Crippen LogP contribution in [-0.2, 0) is 0 Å². The normalized spacial score (nSPS) is 10.5. The molecule has 6 heteroatoms. The molecule has 0 radical (unpaired) electrons. The minimum absolute atomic E-state index is 0.165. The van der Waals surface area contributed by atoms with Crippen molar-refractivity contribution in [2.45, 2.75) is 6.92 Å². The van der Waals surface area contributed by atoms with Gasteiger partial charge in [-0.3, -0.25) is 4.79 Å². The van der Waals surface area contributed by atoms with Crippen molar-refractivity contribution >= 4 is 33.0 Å². The largest absolute Gasteiger partial charge is 0.323 e. The summed E-state index contributed by atoms with van der Waals surface area (Å²) in [5.41, 5.74) is 0.537. The molecule has 0 saturated heterocycles. The van der Waals surface area contributed by atoms with Crippen LogP contribution < -0.4 is 5.69 Å². The molecule has 0 aliphatic carbocycles. The van der Waals surface area contributed by atoms with Gasteiger partial charge in [0, 0.05) is 5.69 Å². The fourth-order valence-corrected chi connectivity index (χ4v) is 2.59. The molecule has 0 atom stereocenters. The van der Waals surface area contributed by atoms with E-state index in [4.69, 9.17) is 0 Å². The second-order valence-corrected chi connectivity index (χ2v) is 5.48. The molecular weight excluding hydrogens is 280 g/mol. The van der Waals surface area contributed by atoms with Gasteiger partial charge < -0.3 is 9.97 Å². The van der Waals surface area contributed by atoms with Gasteiger partial charge in [-0.15, -0.1) is 11.3 Å². The molecule has 2 aromatic heterocycles. The molecule has 78 valence electrons. The molecule has 0 aromatic carbocycles. The summed E-state index contributed by atoms with van der Waals surface area (Å²) in [6.07, 6.45) is 0. The highest BCUT2D eigenvalue weighted by atomic mass is 79.9. The zero-order chi connectivity index (χ0) is 11.0. The van der Waals surface area contributed by atoms with Gasteiger partial charge in [-0.05, 0) is 35.0 Å². The SMILES string of the molecule is Cc1[nH]c(=O)[nH]c1C(=O)c1ccc(Br)s1. The number of thiophene rings is 1. The first-order chi connectivity index (χ1) is 7.08. The average Bonchev–Trinajstić information content (AvgIpc) is 2.71. The summed E-state index contributed by atoms with van der Waals surface area (Å²) in [6, 6.07) is 3.53. The Bertz CT molecular complexity index is 567. The van der Waals surface area contributed by atoms with Crippen molar-refractivity contribution < 1.29 is 4.79 Å². The van der Waals surface area contributed by atoms with Crippen LogP contribution in [0.25, 0.3) is 0 Å². The third-order valence-electron chi connectivity index (χ3n) is 1.94. The number of carbonyl (C=O) groups excluding carboxylic acids is 1. The molecule has 2 heterocycles. The zero-order valence-electron chi connectivity index (χ0n) is 7.76. The summed E-state index contributed by atoms with van der Waals surface area (Å²) in [5, 5.41) is 0. The van der Waals surface area contributed by atoms with E-state index in [0.29, 0.717) is 16.3 Å². The van der Waals surface area contributed by atoms with Gasteiger partial charge in [0.15, 0.2) is 0 Å². The van der Waals surface area contributed by atoms with Crippen LogP contribution in [0.15, 0.2) is 20.7 Å². The van der Waals surface area contributed by atoms with Crippen LogP contribution in [0.4, 0.5) is 0 Å². The summed E-state index contributed by atoms with van der Waals surface area (Å²) >= 11 is 4.62. The van der Waals surface area contributed by atoms with E-state index in [2.05, 4.69) is 25.9 Å². The minimum atomic E-state index is -0.355. The van der Waals surface area contributed by atoms with Crippen LogP contribution in [-0.4, -0.2) is 15.8 Å². The molecule has 2 aromatic rings. The van der Waals surface area contributed by atoms with Crippen molar-refractivity contribution in [1.82, 2.24) is 9.97 Å². The van der Waals surface area contributed by atoms with Crippen LogP contribution in [0.5, 0.6) is 0 Å². The first-order valence-electron chi connectivity index (χ1n) is 4.17. The lowest BCUT2D eigenvalue weighted by molar-refractivity contribution is 0.103. The zero-order valence-corrected chi connectivity index (χ0v) is 10.2. The number of halogens is 1. The van der Waals surface area contributed by atoms with Gasteiger partial charge in [0.2, 0.25) is 5.78 Å². The molecule has 0 fully saturated rings. The summed E-state index contributed by atoms with van der Waals surface area (Å²) in [6.45, 7) is 1.69. The smallest absolute Gasteiger partial charge is 0.310 e. The fourth-order valence-electron chi connectivity index (χ4n) is 1.26. The van der Waals surface area contributed by atoms with Crippen molar-refractivity contribution in [3.8, 4) is 0 Å². The van der Waals surface area contributed by atoms with Gasteiger partial charge >= 0.3 is 5.69 Å². The van der Waals surface area contributed by atoms with Crippen LogP contribution in [0.2, 0.25) is 0 Å². The molecule has 0 amide bonds. The number of aromatic nitrogens is 2. The van der Waals surface area contributed by atoms with Crippen molar-refractivity contribution in [1.29, 1.82) is 0 Å². The summed E-state index contributed by atoms with van der Waals surface area (Å²) < 4.78 is 0.890. The molecule has 0 saturated carbocycles. The second kappa shape index (κ2) is 3.79. The summed E-state index contributed by atoms with van der Waals surface area (Å²) in [4.78, 5) is 28.5. The number of aryl methyl sites for hydroxylation is 1. The number of hydrogen-bond acceptors (Lipinski definition) is 3. The molecule has 0 aliphatic heterocycles. The van der Waals surface area contributed by atoms with E-state index >= 15 is 0 Å². The molecule has 0 bridgehead atoms. The molecule has 0 aliphatic rings. The van der Waals surface area contributed by atoms with Crippen molar-refractivity contribution in [2.75, 3.05) is 0 Å². The van der Waals surface area contributed by atoms with Gasteiger partial charge in [0.05, 0.1) is 8.66 Å². The minimum Gasteiger partial charge on any atom is -0.310 e. The van der Waals surface area contributed by atoms with Gasteiger partial charge in [-0.25, -0.2) is 4.79 Å². The number of carbonyl (C=O) groups is 1. The standard InChI is InChI=1S/C9H7BrN2O2S/c1-4-7(12-9(14)11-4)8(13)5-2-3-6(10)15-5/h2-3H,1H3,(H2,11,12,14). The van der Waals surface area contributed by atoms with Gasteiger partial charge in [0.25, 0.3) is 0 Å². The predicted octanol–water partition coefficient (Wildman–Crippen LogP) is 2.07. The fraction of sp³-hybridized carbons (Fsp3) is 0.111. The number of nitrogens with one attached hydrogen (secondary N) is 2. The highest BCUT2D eigenvalue weighted by Gasteiger charge is 2.16. The number of H-pyrrole nitrogens is 2. The van der Waals surface area contributed by atoms with E-state index in [0.717, 1.165) is 3.79 Å². The topological polar surface area (TPSA) is 65.7 Å². The van der Waals surface area contributed by atoms with Crippen molar-refractivity contribution in [3.05, 3.63) is 42.7 Å². The van der Waals surface area contributed by atoms with Gasteiger partial charge in [-0.1, -0.05) is 0 Å². The Hall–Kier alpha value is -1.14. The maximum atomic E-state index is 11.9. The Balaban J connectivity index is 2.44. The maximum absolute atomic E-state index is 11.9. The lowest BCUT2D eigenvalue weighted by Gasteiger charge is -1.94. The van der Waals surface area contributed by atoms with E-state index in [1.807, 2.05) is 0 Å². The number of hydrogen-bond donors (Lipinski definition) is 2. The van der Waals surface area contributed by atoms with E-state index in [1.165, 1.54) is 11.3 Å². The molecule has 2 rings (SSSR count). The number of imidazole rings is 1. The first-order valence-corrected chi connectivity index (χ1v) is 5.78. The number of ketones is 1. The van der Waals surface area contributed by atoms with E-state index in [-0.39, 0.29) is 11.5 Å². The Morgan fingerprint density at radius 2 is 2.13 bits per heavy atom. The molecule has 4 nitrogen and oxygen atoms in total. The Morgan fingerprint density at radius 1 is 1.40 bits per heavy atom. The molecular formula is C9H7BrN2O2S. The lowest BCUT2D eigenvalue weighted by Crippen LogP contribution is -2.05. The van der Waals surface area contributed by atoms with Crippen LogP contribution in [0, 0.1) is 6.92 Å². The number of rotatable bonds is 2. The molecule has 0 spiro atoms.